The zero-order chi connectivity index (χ0) is 20.5. The van der Waals surface area contributed by atoms with Gasteiger partial charge in [0.2, 0.25) is 11.8 Å². The Morgan fingerprint density at radius 1 is 1.21 bits per heavy atom. The molecule has 0 radical (unpaired) electrons. The number of benzene rings is 1. The van der Waals surface area contributed by atoms with Crippen molar-refractivity contribution in [3.05, 3.63) is 29.6 Å². The molecule has 1 atom stereocenters. The number of imide groups is 1. The van der Waals surface area contributed by atoms with E-state index in [2.05, 4.69) is 22.2 Å². The smallest absolute Gasteiger partial charge is 0.234 e. The van der Waals surface area contributed by atoms with Crippen molar-refractivity contribution in [2.75, 3.05) is 31.6 Å². The molecular formula is C22H31FN4O2. The van der Waals surface area contributed by atoms with E-state index in [-0.39, 0.29) is 17.6 Å². The van der Waals surface area contributed by atoms with Crippen LogP contribution < -0.4 is 16.0 Å². The molecule has 2 saturated heterocycles. The molecule has 2 aliphatic heterocycles. The highest BCUT2D eigenvalue weighted by Gasteiger charge is 2.32. The maximum atomic E-state index is 14.8. The molecule has 3 aliphatic rings. The van der Waals surface area contributed by atoms with E-state index in [0.29, 0.717) is 42.1 Å². The van der Waals surface area contributed by atoms with Crippen LogP contribution in [0.4, 0.5) is 10.1 Å². The van der Waals surface area contributed by atoms with Gasteiger partial charge < -0.3 is 15.5 Å². The van der Waals surface area contributed by atoms with Gasteiger partial charge >= 0.3 is 0 Å². The number of nitrogens with one attached hydrogen (secondary N) is 1. The fraction of sp³-hybridized carbons (Fsp3) is 0.636. The van der Waals surface area contributed by atoms with E-state index >= 15 is 0 Å². The summed E-state index contributed by atoms with van der Waals surface area (Å²) >= 11 is 0. The third-order valence-corrected chi connectivity index (χ3v) is 6.89. The molecule has 2 amide bonds. The Balaban J connectivity index is 1.33. The van der Waals surface area contributed by atoms with Gasteiger partial charge in [0.15, 0.2) is 0 Å². The van der Waals surface area contributed by atoms with Crippen LogP contribution in [0, 0.1) is 11.7 Å². The number of halogens is 1. The molecule has 1 aromatic carbocycles. The zero-order valence-corrected chi connectivity index (χ0v) is 17.1. The van der Waals surface area contributed by atoms with E-state index in [9.17, 15) is 14.0 Å². The Morgan fingerprint density at radius 3 is 2.55 bits per heavy atom. The SMILES string of the molecule is CN(CC1CCN(c2ccc(C3CCC(=O)NC3=O)cc2F)CC1)C1CC(N)C1. The first-order chi connectivity index (χ1) is 13.9. The highest BCUT2D eigenvalue weighted by Crippen LogP contribution is 2.32. The first-order valence-corrected chi connectivity index (χ1v) is 10.7. The number of carbonyl (C=O) groups excluding carboxylic acids is 2. The topological polar surface area (TPSA) is 78.7 Å². The Hall–Kier alpha value is -1.99. The van der Waals surface area contributed by atoms with Crippen LogP contribution in [0.25, 0.3) is 0 Å². The first-order valence-electron chi connectivity index (χ1n) is 10.7. The molecular weight excluding hydrogens is 371 g/mol. The second-order valence-corrected chi connectivity index (χ2v) is 8.97. The van der Waals surface area contributed by atoms with Crippen molar-refractivity contribution < 1.29 is 14.0 Å². The lowest BCUT2D eigenvalue weighted by atomic mass is 9.85. The number of nitrogens with two attached hydrogens (primary N) is 1. The van der Waals surface area contributed by atoms with Crippen LogP contribution in [0.2, 0.25) is 0 Å². The highest BCUT2D eigenvalue weighted by molar-refractivity contribution is 6.00. The number of hydrogen-bond acceptors (Lipinski definition) is 5. The van der Waals surface area contributed by atoms with Crippen LogP contribution in [-0.4, -0.2) is 55.5 Å². The van der Waals surface area contributed by atoms with E-state index in [1.165, 1.54) is 6.07 Å². The summed E-state index contributed by atoms with van der Waals surface area (Å²) in [5.74, 6) is -0.676. The van der Waals surface area contributed by atoms with Gasteiger partial charge in [0.05, 0.1) is 11.6 Å². The van der Waals surface area contributed by atoms with Crippen LogP contribution in [0.3, 0.4) is 0 Å². The number of hydrogen-bond donors (Lipinski definition) is 2. The third-order valence-electron chi connectivity index (χ3n) is 6.89. The average Bonchev–Trinajstić information content (AvgIpc) is 2.66. The molecule has 0 bridgehead atoms. The van der Waals surface area contributed by atoms with Crippen LogP contribution in [-0.2, 0) is 9.59 Å². The van der Waals surface area contributed by atoms with Gasteiger partial charge in [-0.15, -0.1) is 0 Å². The van der Waals surface area contributed by atoms with E-state index in [4.69, 9.17) is 5.73 Å². The van der Waals surface area contributed by atoms with E-state index in [0.717, 1.165) is 45.3 Å². The summed E-state index contributed by atoms with van der Waals surface area (Å²) in [5.41, 5.74) is 7.16. The minimum Gasteiger partial charge on any atom is -0.369 e. The Labute approximate surface area is 171 Å². The van der Waals surface area contributed by atoms with Crippen molar-refractivity contribution >= 4 is 17.5 Å². The van der Waals surface area contributed by atoms with Crippen molar-refractivity contribution in [1.82, 2.24) is 10.2 Å². The Morgan fingerprint density at radius 2 is 1.93 bits per heavy atom. The van der Waals surface area contributed by atoms with Gasteiger partial charge in [-0.05, 0) is 62.8 Å². The Kier molecular flexibility index (Phi) is 5.88. The van der Waals surface area contributed by atoms with Gasteiger partial charge in [-0.1, -0.05) is 6.07 Å². The van der Waals surface area contributed by atoms with Crippen molar-refractivity contribution in [2.24, 2.45) is 11.7 Å². The molecule has 1 unspecified atom stereocenters. The Bertz CT molecular complexity index is 772. The third kappa shape index (κ3) is 4.46. The van der Waals surface area contributed by atoms with Crippen molar-refractivity contribution in [3.8, 4) is 0 Å². The number of nitrogens with zero attached hydrogens (tertiary/aromatic N) is 2. The number of anilines is 1. The highest BCUT2D eigenvalue weighted by atomic mass is 19.1. The minimum atomic E-state index is -0.447. The standard InChI is InChI=1S/C22H31FN4O2/c1-26(17-11-16(24)12-17)13-14-6-8-27(9-7-14)20-4-2-15(10-19(20)23)18-3-5-21(28)25-22(18)29/h2,4,10,14,16-18H,3,5-9,11-13,24H2,1H3,(H,25,28,29). The number of amides is 2. The van der Waals surface area contributed by atoms with Gasteiger partial charge in [0.1, 0.15) is 5.82 Å². The van der Waals surface area contributed by atoms with Crippen LogP contribution >= 0.6 is 0 Å². The largest absolute Gasteiger partial charge is 0.369 e. The average molecular weight is 403 g/mol. The molecule has 29 heavy (non-hydrogen) atoms. The van der Waals surface area contributed by atoms with Crippen molar-refractivity contribution in [3.63, 3.8) is 0 Å². The fourth-order valence-electron chi connectivity index (χ4n) is 4.91. The molecule has 0 aromatic heterocycles. The molecule has 1 aliphatic carbocycles. The van der Waals surface area contributed by atoms with Crippen LogP contribution in [0.15, 0.2) is 18.2 Å². The summed E-state index contributed by atoms with van der Waals surface area (Å²) in [7, 11) is 2.19. The second kappa shape index (κ2) is 8.40. The molecule has 4 rings (SSSR count). The molecule has 7 heteroatoms. The lowest BCUT2D eigenvalue weighted by Crippen LogP contribution is -2.51. The summed E-state index contributed by atoms with van der Waals surface area (Å²) in [4.78, 5) is 27.9. The number of carbonyl (C=O) groups is 2. The van der Waals surface area contributed by atoms with Gasteiger partial charge in [-0.3, -0.25) is 14.9 Å². The normalized spacial score (nSPS) is 28.4. The number of piperidine rings is 2. The maximum Gasteiger partial charge on any atom is 0.234 e. The first kappa shape index (κ1) is 20.3. The lowest BCUT2D eigenvalue weighted by Gasteiger charge is -2.42. The summed E-state index contributed by atoms with van der Waals surface area (Å²) in [5, 5.41) is 2.34. The minimum absolute atomic E-state index is 0.253. The summed E-state index contributed by atoms with van der Waals surface area (Å²) < 4.78 is 14.8. The number of rotatable bonds is 5. The van der Waals surface area contributed by atoms with Gasteiger partial charge in [0.25, 0.3) is 0 Å². The van der Waals surface area contributed by atoms with E-state index in [1.807, 2.05) is 6.07 Å². The van der Waals surface area contributed by atoms with E-state index in [1.54, 1.807) is 6.07 Å². The monoisotopic (exact) mass is 402 g/mol. The summed E-state index contributed by atoms with van der Waals surface area (Å²) in [6, 6.07) is 6.08. The van der Waals surface area contributed by atoms with Gasteiger partial charge in [-0.2, -0.15) is 0 Å². The summed E-state index contributed by atoms with van der Waals surface area (Å²) in [6.45, 7) is 2.77. The van der Waals surface area contributed by atoms with Crippen LogP contribution in [0.5, 0.6) is 0 Å². The van der Waals surface area contributed by atoms with Crippen molar-refractivity contribution in [2.45, 2.75) is 56.5 Å². The molecule has 3 N–H and O–H groups in total. The second-order valence-electron chi connectivity index (χ2n) is 8.97. The predicted molar refractivity (Wildman–Crippen MR) is 110 cm³/mol. The molecule has 0 spiro atoms. The lowest BCUT2D eigenvalue weighted by molar-refractivity contribution is -0.134. The quantitative estimate of drug-likeness (QED) is 0.737. The zero-order valence-electron chi connectivity index (χ0n) is 17.1. The molecule has 2 heterocycles. The fourth-order valence-corrected chi connectivity index (χ4v) is 4.91. The molecule has 158 valence electrons. The summed E-state index contributed by atoms with van der Waals surface area (Å²) in [6.07, 6.45) is 5.04. The van der Waals surface area contributed by atoms with Crippen LogP contribution in [0.1, 0.15) is 50.0 Å². The molecule has 1 aromatic rings. The molecule has 3 fully saturated rings. The predicted octanol–water partition coefficient (Wildman–Crippen LogP) is 1.98. The molecule has 1 saturated carbocycles. The maximum absolute atomic E-state index is 14.8. The van der Waals surface area contributed by atoms with Gasteiger partial charge in [0, 0.05) is 38.1 Å². The molecule has 6 nitrogen and oxygen atoms in total. The van der Waals surface area contributed by atoms with E-state index < -0.39 is 5.92 Å². The van der Waals surface area contributed by atoms with Gasteiger partial charge in [-0.25, -0.2) is 4.39 Å². The van der Waals surface area contributed by atoms with Crippen molar-refractivity contribution in [1.29, 1.82) is 0 Å².